The molecule has 1 aromatic heterocycles. The number of carbonyl (C=O) groups is 1. The van der Waals surface area contributed by atoms with Crippen LogP contribution in [0.25, 0.3) is 21.7 Å². The molecule has 1 saturated heterocycles. The van der Waals surface area contributed by atoms with Crippen LogP contribution in [0.2, 0.25) is 0 Å². The number of fused-ring (bicyclic) bond motifs is 3. The summed E-state index contributed by atoms with van der Waals surface area (Å²) in [5, 5.41) is 13.1. The summed E-state index contributed by atoms with van der Waals surface area (Å²) in [6.07, 6.45) is 0. The van der Waals surface area contributed by atoms with Crippen molar-refractivity contribution in [3.63, 3.8) is 0 Å². The van der Waals surface area contributed by atoms with Crippen LogP contribution in [0.5, 0.6) is 5.75 Å². The van der Waals surface area contributed by atoms with Gasteiger partial charge in [-0.3, -0.25) is 9.69 Å². The van der Waals surface area contributed by atoms with Gasteiger partial charge >= 0.3 is 0 Å². The van der Waals surface area contributed by atoms with Crippen LogP contribution < -0.4 is 4.74 Å². The highest BCUT2D eigenvalue weighted by molar-refractivity contribution is 6.09. The van der Waals surface area contributed by atoms with Gasteiger partial charge in [-0.05, 0) is 40.6 Å². The van der Waals surface area contributed by atoms with Crippen LogP contribution in [-0.4, -0.2) is 54.0 Å². The summed E-state index contributed by atoms with van der Waals surface area (Å²) >= 11 is 0. The van der Waals surface area contributed by atoms with Gasteiger partial charge in [-0.2, -0.15) is 5.26 Å². The van der Waals surface area contributed by atoms with Crippen molar-refractivity contribution in [2.24, 2.45) is 0 Å². The van der Waals surface area contributed by atoms with Crippen LogP contribution in [-0.2, 0) is 0 Å². The van der Waals surface area contributed by atoms with Crippen molar-refractivity contribution < 1.29 is 9.53 Å². The van der Waals surface area contributed by atoms with Gasteiger partial charge in [-0.15, -0.1) is 0 Å². The van der Waals surface area contributed by atoms with Crippen molar-refractivity contribution in [1.29, 1.82) is 5.26 Å². The lowest BCUT2D eigenvalue weighted by atomic mass is 10.1. The van der Waals surface area contributed by atoms with Crippen LogP contribution in [0.15, 0.2) is 66.7 Å². The van der Waals surface area contributed by atoms with Crippen molar-refractivity contribution in [2.45, 2.75) is 6.04 Å². The van der Waals surface area contributed by atoms with Gasteiger partial charge in [0.2, 0.25) is 0 Å². The lowest BCUT2D eigenvalue weighted by Crippen LogP contribution is -2.49. The second-order valence-corrected chi connectivity index (χ2v) is 8.06. The predicted octanol–water partition coefficient (Wildman–Crippen LogP) is 4.35. The van der Waals surface area contributed by atoms with Gasteiger partial charge < -0.3 is 14.6 Å². The molecule has 1 amide bonds. The fourth-order valence-electron chi connectivity index (χ4n) is 4.51. The van der Waals surface area contributed by atoms with Gasteiger partial charge in [-0.1, -0.05) is 42.5 Å². The Hall–Kier alpha value is -3.82. The normalized spacial score (nSPS) is 15.6. The van der Waals surface area contributed by atoms with Crippen molar-refractivity contribution in [2.75, 3.05) is 33.3 Å². The van der Waals surface area contributed by atoms with E-state index in [2.05, 4.69) is 34.2 Å². The summed E-state index contributed by atoms with van der Waals surface area (Å²) in [6, 6.07) is 23.9. The first-order valence-electron chi connectivity index (χ1n) is 10.8. The average molecular weight is 425 g/mol. The lowest BCUT2D eigenvalue weighted by molar-refractivity contribution is 0.0601. The average Bonchev–Trinajstić information content (AvgIpc) is 3.30. The van der Waals surface area contributed by atoms with Gasteiger partial charge in [0.1, 0.15) is 17.5 Å². The van der Waals surface area contributed by atoms with Crippen molar-refractivity contribution >= 4 is 27.6 Å². The summed E-state index contributed by atoms with van der Waals surface area (Å²) in [5.41, 5.74) is 2.52. The van der Waals surface area contributed by atoms with E-state index in [0.29, 0.717) is 31.9 Å². The minimum Gasteiger partial charge on any atom is -0.497 e. The third-order valence-corrected chi connectivity index (χ3v) is 6.28. The number of nitriles is 1. The molecule has 0 bridgehead atoms. The second-order valence-electron chi connectivity index (χ2n) is 8.06. The molecule has 6 nitrogen and oxygen atoms in total. The number of hydrogen-bond donors (Lipinski definition) is 1. The van der Waals surface area contributed by atoms with E-state index >= 15 is 0 Å². The van der Waals surface area contributed by atoms with Gasteiger partial charge in [0.15, 0.2) is 0 Å². The fraction of sp³-hybridized carbons (Fsp3) is 0.231. The second kappa shape index (κ2) is 8.37. The minimum absolute atomic E-state index is 0.00267. The summed E-state index contributed by atoms with van der Waals surface area (Å²) < 4.78 is 5.21. The maximum absolute atomic E-state index is 13.2. The van der Waals surface area contributed by atoms with E-state index in [1.54, 1.807) is 7.11 Å². The Morgan fingerprint density at radius 1 is 1.00 bits per heavy atom. The Balaban J connectivity index is 1.31. The van der Waals surface area contributed by atoms with Crippen LogP contribution in [0.1, 0.15) is 22.1 Å². The number of ether oxygens (including phenoxy) is 1. The Kier molecular flexibility index (Phi) is 5.26. The molecule has 1 unspecified atom stereocenters. The quantitative estimate of drug-likeness (QED) is 0.529. The van der Waals surface area contributed by atoms with Crippen LogP contribution in [0.4, 0.5) is 0 Å². The molecule has 0 spiro atoms. The van der Waals surface area contributed by atoms with Crippen molar-refractivity contribution in [1.82, 2.24) is 14.8 Å². The van der Waals surface area contributed by atoms with E-state index in [-0.39, 0.29) is 11.9 Å². The third kappa shape index (κ3) is 3.57. The molecule has 4 aromatic rings. The molecule has 0 aliphatic carbocycles. The first-order valence-corrected chi connectivity index (χ1v) is 10.8. The van der Waals surface area contributed by atoms with Gasteiger partial charge in [-0.25, -0.2) is 0 Å². The Labute approximate surface area is 186 Å². The first-order chi connectivity index (χ1) is 15.7. The Morgan fingerprint density at radius 2 is 1.75 bits per heavy atom. The highest BCUT2D eigenvalue weighted by Gasteiger charge is 2.28. The molecular formula is C26H24N4O2. The number of nitrogens with zero attached hydrogens (tertiary/aromatic N) is 3. The summed E-state index contributed by atoms with van der Waals surface area (Å²) in [5.74, 6) is 0.773. The molecule has 5 rings (SSSR count). The molecule has 6 heteroatoms. The minimum atomic E-state index is -0.336. The van der Waals surface area contributed by atoms with E-state index in [1.165, 1.54) is 0 Å². The Bertz CT molecular complexity index is 1310. The number of carbonyl (C=O) groups excluding carboxylic acids is 1. The van der Waals surface area contributed by atoms with Gasteiger partial charge in [0.25, 0.3) is 5.91 Å². The highest BCUT2D eigenvalue weighted by Crippen LogP contribution is 2.27. The van der Waals surface area contributed by atoms with E-state index in [0.717, 1.165) is 33.0 Å². The first kappa shape index (κ1) is 20.1. The van der Waals surface area contributed by atoms with Gasteiger partial charge in [0, 0.05) is 37.1 Å². The number of piperazine rings is 1. The monoisotopic (exact) mass is 424 g/mol. The largest absolute Gasteiger partial charge is 0.497 e. The van der Waals surface area contributed by atoms with E-state index in [4.69, 9.17) is 4.74 Å². The Morgan fingerprint density at radius 3 is 2.47 bits per heavy atom. The number of aromatic nitrogens is 1. The smallest absolute Gasteiger partial charge is 0.270 e. The molecule has 0 radical (unpaired) electrons. The number of benzene rings is 3. The number of aromatic amines is 1. The maximum atomic E-state index is 13.2. The number of rotatable bonds is 4. The van der Waals surface area contributed by atoms with Gasteiger partial charge in [0.05, 0.1) is 13.2 Å². The molecule has 3 aromatic carbocycles. The van der Waals surface area contributed by atoms with E-state index in [9.17, 15) is 10.1 Å². The summed E-state index contributed by atoms with van der Waals surface area (Å²) in [7, 11) is 1.63. The molecule has 1 fully saturated rings. The molecule has 32 heavy (non-hydrogen) atoms. The molecule has 0 saturated carbocycles. The van der Waals surface area contributed by atoms with Crippen molar-refractivity contribution in [3.05, 3.63) is 78.0 Å². The zero-order valence-corrected chi connectivity index (χ0v) is 17.9. The molecule has 1 aliphatic heterocycles. The SMILES string of the molecule is COc1ccc(C(C#N)N2CCN(C(=O)c3cc4c(ccc5ccccc54)[nH]3)CC2)cc1. The molecular weight excluding hydrogens is 400 g/mol. The third-order valence-electron chi connectivity index (χ3n) is 6.28. The maximum Gasteiger partial charge on any atom is 0.270 e. The number of methoxy groups -OCH3 is 1. The topological polar surface area (TPSA) is 72.4 Å². The number of hydrogen-bond acceptors (Lipinski definition) is 4. The zero-order chi connectivity index (χ0) is 22.1. The van der Waals surface area contributed by atoms with E-state index in [1.807, 2.05) is 53.4 Å². The van der Waals surface area contributed by atoms with Crippen LogP contribution >= 0.6 is 0 Å². The molecule has 1 aliphatic rings. The highest BCUT2D eigenvalue weighted by atomic mass is 16.5. The molecule has 1 atom stereocenters. The van der Waals surface area contributed by atoms with Crippen molar-refractivity contribution in [3.8, 4) is 11.8 Å². The number of nitrogens with one attached hydrogen (secondary N) is 1. The molecule has 1 N–H and O–H groups in total. The lowest BCUT2D eigenvalue weighted by Gasteiger charge is -2.36. The van der Waals surface area contributed by atoms with E-state index < -0.39 is 0 Å². The fourth-order valence-corrected chi connectivity index (χ4v) is 4.51. The molecule has 2 heterocycles. The van der Waals surface area contributed by atoms with Crippen LogP contribution in [0, 0.1) is 11.3 Å². The predicted molar refractivity (Wildman–Crippen MR) is 125 cm³/mol. The number of amides is 1. The number of H-pyrrole nitrogens is 1. The zero-order valence-electron chi connectivity index (χ0n) is 17.9. The standard InChI is InChI=1S/C26H24N4O2/c1-32-20-9-6-19(7-10-20)25(17-27)29-12-14-30(15-13-29)26(31)24-16-22-21-5-3-2-4-18(21)8-11-23(22)28-24/h2-11,16,25,28H,12-15H2,1H3. The van der Waals surface area contributed by atoms with Crippen LogP contribution in [0.3, 0.4) is 0 Å². The summed E-state index contributed by atoms with van der Waals surface area (Å²) in [6.45, 7) is 2.48. The summed E-state index contributed by atoms with van der Waals surface area (Å²) in [4.78, 5) is 20.5. The molecule has 160 valence electrons.